The zero-order chi connectivity index (χ0) is 11.2. The lowest BCUT2D eigenvalue weighted by molar-refractivity contribution is 0.444. The Hall–Kier alpha value is -1.11. The van der Waals surface area contributed by atoms with Crippen LogP contribution in [0.15, 0.2) is 34.3 Å². The van der Waals surface area contributed by atoms with E-state index in [1.54, 1.807) is 0 Å². The quantitative estimate of drug-likeness (QED) is 0.675. The summed E-state index contributed by atoms with van der Waals surface area (Å²) < 4.78 is 0. The van der Waals surface area contributed by atoms with Gasteiger partial charge in [0.15, 0.2) is 0 Å². The van der Waals surface area contributed by atoms with Gasteiger partial charge in [-0.3, -0.25) is 0 Å². The summed E-state index contributed by atoms with van der Waals surface area (Å²) in [6.45, 7) is 0. The van der Waals surface area contributed by atoms with Crippen LogP contribution in [0.25, 0.3) is 0 Å². The molecule has 16 heavy (non-hydrogen) atoms. The highest BCUT2D eigenvalue weighted by molar-refractivity contribution is 6.30. The molecule has 0 unspecified atom stereocenters. The Morgan fingerprint density at radius 2 is 1.75 bits per heavy atom. The molecule has 1 aliphatic rings. The van der Waals surface area contributed by atoms with Gasteiger partial charge in [0.25, 0.3) is 0 Å². The van der Waals surface area contributed by atoms with Crippen LogP contribution in [0.1, 0.15) is 32.1 Å². The van der Waals surface area contributed by atoms with E-state index in [9.17, 15) is 0 Å². The molecule has 0 aliphatic heterocycles. The standard InChI is InChI=1S/C13H15ClN2/c14-11-6-8-13(9-7-11)16-10-15-12-4-2-1-3-5-12/h6-9,12H,1-5H2. The fourth-order valence-corrected chi connectivity index (χ4v) is 2.02. The van der Waals surface area contributed by atoms with Crippen LogP contribution in [0.3, 0.4) is 0 Å². The maximum Gasteiger partial charge on any atom is 0.0951 e. The van der Waals surface area contributed by atoms with Gasteiger partial charge in [0.2, 0.25) is 0 Å². The Morgan fingerprint density at radius 3 is 2.44 bits per heavy atom. The van der Waals surface area contributed by atoms with Gasteiger partial charge in [0.05, 0.1) is 17.7 Å². The van der Waals surface area contributed by atoms with E-state index in [2.05, 4.69) is 16.0 Å². The Kier molecular flexibility index (Phi) is 4.15. The van der Waals surface area contributed by atoms with Crippen LogP contribution < -0.4 is 0 Å². The first-order valence-electron chi connectivity index (χ1n) is 5.76. The molecular weight excluding hydrogens is 220 g/mol. The molecule has 1 aromatic carbocycles. The molecule has 0 amide bonds. The number of rotatable bonds is 2. The summed E-state index contributed by atoms with van der Waals surface area (Å²) in [6, 6.07) is 10.6. The van der Waals surface area contributed by atoms with Gasteiger partial charge in [-0.05, 0) is 37.1 Å². The topological polar surface area (TPSA) is 24.7 Å². The van der Waals surface area contributed by atoms with Gasteiger partial charge in [-0.1, -0.05) is 30.9 Å². The second-order valence-corrected chi connectivity index (χ2v) is 4.55. The Labute approximate surface area is 101 Å². The maximum atomic E-state index is 5.78. The molecule has 2 nitrogen and oxygen atoms in total. The SMILES string of the molecule is Clc1ccc(N=C=NC2CCCCC2)cc1. The van der Waals surface area contributed by atoms with Crippen molar-refractivity contribution in [2.45, 2.75) is 38.1 Å². The van der Waals surface area contributed by atoms with Crippen LogP contribution in [0, 0.1) is 0 Å². The molecule has 0 bridgehead atoms. The van der Waals surface area contributed by atoms with E-state index in [0.717, 1.165) is 10.7 Å². The summed E-state index contributed by atoms with van der Waals surface area (Å²) in [5.41, 5.74) is 0.851. The zero-order valence-corrected chi connectivity index (χ0v) is 9.95. The molecule has 84 valence electrons. The first-order chi connectivity index (χ1) is 7.84. The van der Waals surface area contributed by atoms with Gasteiger partial charge < -0.3 is 0 Å². The zero-order valence-electron chi connectivity index (χ0n) is 9.19. The average molecular weight is 235 g/mol. The molecule has 2 rings (SSSR count). The number of halogens is 1. The van der Waals surface area contributed by atoms with Crippen LogP contribution >= 0.6 is 11.6 Å². The Morgan fingerprint density at radius 1 is 1.06 bits per heavy atom. The molecule has 1 aromatic rings. The summed E-state index contributed by atoms with van der Waals surface area (Å²) in [5, 5.41) is 0.725. The summed E-state index contributed by atoms with van der Waals surface area (Å²) in [7, 11) is 0. The van der Waals surface area contributed by atoms with Gasteiger partial charge in [-0.2, -0.15) is 4.99 Å². The molecule has 1 aliphatic carbocycles. The van der Waals surface area contributed by atoms with E-state index >= 15 is 0 Å². The molecule has 0 spiro atoms. The van der Waals surface area contributed by atoms with E-state index in [1.807, 2.05) is 24.3 Å². The highest BCUT2D eigenvalue weighted by Crippen LogP contribution is 2.20. The summed E-state index contributed by atoms with van der Waals surface area (Å²) in [4.78, 5) is 8.52. The molecular formula is C13H15ClN2. The van der Waals surface area contributed by atoms with E-state index in [1.165, 1.54) is 32.1 Å². The van der Waals surface area contributed by atoms with Crippen molar-refractivity contribution in [2.24, 2.45) is 9.98 Å². The lowest BCUT2D eigenvalue weighted by Gasteiger charge is -2.15. The molecule has 0 heterocycles. The molecule has 0 radical (unpaired) electrons. The van der Waals surface area contributed by atoms with Crippen molar-refractivity contribution in [1.82, 2.24) is 0 Å². The van der Waals surface area contributed by atoms with E-state index < -0.39 is 0 Å². The molecule has 1 fully saturated rings. The van der Waals surface area contributed by atoms with Crippen LogP contribution in [-0.2, 0) is 0 Å². The minimum Gasteiger partial charge on any atom is -0.222 e. The largest absolute Gasteiger partial charge is 0.222 e. The fraction of sp³-hybridized carbons (Fsp3) is 0.462. The van der Waals surface area contributed by atoms with E-state index in [4.69, 9.17) is 11.6 Å². The van der Waals surface area contributed by atoms with Crippen molar-refractivity contribution in [1.29, 1.82) is 0 Å². The number of aliphatic imine (C=N–C) groups is 2. The highest BCUT2D eigenvalue weighted by Gasteiger charge is 2.10. The summed E-state index contributed by atoms with van der Waals surface area (Å²) in [6.07, 6.45) is 6.29. The van der Waals surface area contributed by atoms with Gasteiger partial charge in [-0.15, -0.1) is 0 Å². The van der Waals surface area contributed by atoms with Crippen LogP contribution in [0.2, 0.25) is 5.02 Å². The summed E-state index contributed by atoms with van der Waals surface area (Å²) in [5.74, 6) is 0. The third-order valence-electron chi connectivity index (χ3n) is 2.82. The monoisotopic (exact) mass is 234 g/mol. The molecule has 1 saturated carbocycles. The lowest BCUT2D eigenvalue weighted by Crippen LogP contribution is -2.08. The fourth-order valence-electron chi connectivity index (χ4n) is 1.89. The van der Waals surface area contributed by atoms with Crippen LogP contribution in [0.5, 0.6) is 0 Å². The number of hydrogen-bond donors (Lipinski definition) is 0. The molecule has 0 atom stereocenters. The van der Waals surface area contributed by atoms with Crippen molar-refractivity contribution in [3.63, 3.8) is 0 Å². The predicted molar refractivity (Wildman–Crippen MR) is 67.8 cm³/mol. The Balaban J connectivity index is 1.97. The number of nitrogens with zero attached hydrogens (tertiary/aromatic N) is 2. The van der Waals surface area contributed by atoms with Crippen LogP contribution in [-0.4, -0.2) is 12.1 Å². The number of benzene rings is 1. The van der Waals surface area contributed by atoms with E-state index in [0.29, 0.717) is 6.04 Å². The maximum absolute atomic E-state index is 5.78. The first kappa shape index (κ1) is 11.4. The van der Waals surface area contributed by atoms with Gasteiger partial charge in [0, 0.05) is 5.02 Å². The second kappa shape index (κ2) is 5.83. The first-order valence-corrected chi connectivity index (χ1v) is 6.13. The molecule has 0 N–H and O–H groups in total. The third-order valence-corrected chi connectivity index (χ3v) is 3.07. The van der Waals surface area contributed by atoms with Gasteiger partial charge in [-0.25, -0.2) is 4.99 Å². The predicted octanol–water partition coefficient (Wildman–Crippen LogP) is 4.48. The van der Waals surface area contributed by atoms with Crippen molar-refractivity contribution in [2.75, 3.05) is 0 Å². The van der Waals surface area contributed by atoms with Crippen LogP contribution in [0.4, 0.5) is 5.69 Å². The minimum absolute atomic E-state index is 0.435. The van der Waals surface area contributed by atoms with E-state index in [-0.39, 0.29) is 0 Å². The third kappa shape index (κ3) is 3.48. The Bertz CT molecular complexity index is 385. The smallest absolute Gasteiger partial charge is 0.0951 e. The molecule has 3 heteroatoms. The molecule has 0 aromatic heterocycles. The van der Waals surface area contributed by atoms with Gasteiger partial charge in [0.1, 0.15) is 0 Å². The van der Waals surface area contributed by atoms with Crippen molar-refractivity contribution >= 4 is 23.3 Å². The molecule has 0 saturated heterocycles. The van der Waals surface area contributed by atoms with Gasteiger partial charge >= 0.3 is 0 Å². The number of hydrogen-bond acceptors (Lipinski definition) is 2. The summed E-state index contributed by atoms with van der Waals surface area (Å²) >= 11 is 5.78. The van der Waals surface area contributed by atoms with Crippen molar-refractivity contribution < 1.29 is 0 Å². The highest BCUT2D eigenvalue weighted by atomic mass is 35.5. The second-order valence-electron chi connectivity index (χ2n) is 4.11. The lowest BCUT2D eigenvalue weighted by atomic mass is 9.96. The average Bonchev–Trinajstić information content (AvgIpc) is 2.33. The van der Waals surface area contributed by atoms with Crippen molar-refractivity contribution in [3.05, 3.63) is 29.3 Å². The van der Waals surface area contributed by atoms with Crippen molar-refractivity contribution in [3.8, 4) is 0 Å². The minimum atomic E-state index is 0.435. The normalized spacial score (nSPS) is 16.6.